The van der Waals surface area contributed by atoms with Crippen molar-refractivity contribution in [2.75, 3.05) is 6.61 Å². The van der Waals surface area contributed by atoms with Gasteiger partial charge in [-0.1, -0.05) is 0 Å². The molecule has 0 spiro atoms. The molecule has 0 unspecified atom stereocenters. The van der Waals surface area contributed by atoms with E-state index in [-0.39, 0.29) is 5.60 Å². The van der Waals surface area contributed by atoms with Gasteiger partial charge in [-0.05, 0) is 39.8 Å². The maximum Gasteiger partial charge on any atom is 0.159 e. The van der Waals surface area contributed by atoms with Crippen LogP contribution in [0.4, 0.5) is 0 Å². The molecule has 0 bridgehead atoms. The van der Waals surface area contributed by atoms with E-state index in [9.17, 15) is 0 Å². The van der Waals surface area contributed by atoms with Crippen LogP contribution < -0.4 is 0 Å². The smallest absolute Gasteiger partial charge is 0.159 e. The molecule has 0 aliphatic carbocycles. The zero-order valence-corrected chi connectivity index (χ0v) is 11.4. The summed E-state index contributed by atoms with van der Waals surface area (Å²) in [6, 6.07) is 6.38. The van der Waals surface area contributed by atoms with Crippen LogP contribution in [0.1, 0.15) is 30.9 Å². The van der Waals surface area contributed by atoms with Crippen molar-refractivity contribution in [2.24, 2.45) is 0 Å². The van der Waals surface area contributed by atoms with Crippen LogP contribution in [0, 0.1) is 13.8 Å². The van der Waals surface area contributed by atoms with E-state index in [4.69, 9.17) is 9.84 Å². The number of ether oxygens (including phenoxy) is 1. The second kappa shape index (κ2) is 3.72. The number of nitrogens with zero attached hydrogens (tertiary/aromatic N) is 3. The van der Waals surface area contributed by atoms with Gasteiger partial charge < -0.3 is 9.30 Å². The Bertz CT molecular complexity index is 573. The predicted octanol–water partition coefficient (Wildman–Crippen LogP) is 2.56. The van der Waals surface area contributed by atoms with Crippen LogP contribution in [-0.4, -0.2) is 21.0 Å². The Labute approximate surface area is 107 Å². The summed E-state index contributed by atoms with van der Waals surface area (Å²) in [6.45, 7) is 9.96. The van der Waals surface area contributed by atoms with Crippen molar-refractivity contribution in [1.29, 1.82) is 0 Å². The van der Waals surface area contributed by atoms with Gasteiger partial charge in [0.25, 0.3) is 0 Å². The van der Waals surface area contributed by atoms with E-state index in [1.54, 1.807) is 0 Å². The van der Waals surface area contributed by atoms with E-state index >= 15 is 0 Å². The summed E-state index contributed by atoms with van der Waals surface area (Å²) in [5, 5.41) is 4.71. The lowest BCUT2D eigenvalue weighted by Crippen LogP contribution is -2.33. The number of aromatic nitrogens is 3. The summed E-state index contributed by atoms with van der Waals surface area (Å²) >= 11 is 0. The quantitative estimate of drug-likeness (QED) is 0.773. The molecule has 1 aliphatic rings. The van der Waals surface area contributed by atoms with Crippen LogP contribution in [0.15, 0.2) is 18.2 Å². The minimum absolute atomic E-state index is 0.252. The van der Waals surface area contributed by atoms with E-state index in [1.165, 1.54) is 11.4 Å². The molecule has 0 amide bonds. The van der Waals surface area contributed by atoms with Gasteiger partial charge in [0, 0.05) is 17.5 Å². The Kier molecular flexibility index (Phi) is 2.38. The highest BCUT2D eigenvalue weighted by atomic mass is 16.5. The second-order valence-corrected chi connectivity index (χ2v) is 5.42. The Balaban J connectivity index is 2.14. The summed E-state index contributed by atoms with van der Waals surface area (Å²) in [6.07, 6.45) is 0. The number of rotatable bonds is 1. The average molecular weight is 245 g/mol. The first-order valence-electron chi connectivity index (χ1n) is 6.37. The van der Waals surface area contributed by atoms with Gasteiger partial charge in [-0.15, -0.1) is 0 Å². The fourth-order valence-corrected chi connectivity index (χ4v) is 2.66. The van der Waals surface area contributed by atoms with Crippen molar-refractivity contribution >= 4 is 0 Å². The molecule has 0 radical (unpaired) electrons. The number of hydrogen-bond acceptors (Lipinski definition) is 2. The van der Waals surface area contributed by atoms with Crippen LogP contribution in [-0.2, 0) is 16.9 Å². The van der Waals surface area contributed by atoms with Crippen LogP contribution in [0.3, 0.4) is 0 Å². The van der Waals surface area contributed by atoms with Gasteiger partial charge in [-0.3, -0.25) is 4.68 Å². The molecule has 1 aliphatic heterocycles. The highest BCUT2D eigenvalue weighted by Gasteiger charge is 2.30. The molecule has 0 aromatic carbocycles. The van der Waals surface area contributed by atoms with Crippen LogP contribution >= 0.6 is 0 Å². The number of hydrogen-bond donors (Lipinski definition) is 0. The normalized spacial score (nSPS) is 17.8. The van der Waals surface area contributed by atoms with Gasteiger partial charge in [0.1, 0.15) is 5.60 Å². The second-order valence-electron chi connectivity index (χ2n) is 5.42. The lowest BCUT2D eigenvalue weighted by molar-refractivity contribution is -0.0532. The van der Waals surface area contributed by atoms with Gasteiger partial charge in [-0.2, -0.15) is 5.10 Å². The molecule has 96 valence electrons. The Morgan fingerprint density at radius 3 is 2.50 bits per heavy atom. The molecule has 4 nitrogen and oxygen atoms in total. The topological polar surface area (TPSA) is 32.0 Å². The van der Waals surface area contributed by atoms with Crippen molar-refractivity contribution in [1.82, 2.24) is 14.3 Å². The number of fused-ring (bicyclic) bond motifs is 1. The maximum atomic E-state index is 5.81. The average Bonchev–Trinajstić information content (AvgIpc) is 2.83. The SMILES string of the molecule is Cc1ccc(C)n1-c1cc2n(n1)CCOC2(C)C. The summed E-state index contributed by atoms with van der Waals surface area (Å²) in [5.74, 6) is 0.989. The molecular weight excluding hydrogens is 226 g/mol. The van der Waals surface area contributed by atoms with Crippen molar-refractivity contribution < 1.29 is 4.74 Å². The molecule has 3 heterocycles. The van der Waals surface area contributed by atoms with Crippen molar-refractivity contribution in [3.63, 3.8) is 0 Å². The van der Waals surface area contributed by atoms with E-state index in [2.05, 4.69) is 55.1 Å². The molecule has 0 saturated carbocycles. The molecular formula is C14H19N3O. The number of aryl methyl sites for hydroxylation is 2. The Morgan fingerprint density at radius 1 is 1.22 bits per heavy atom. The van der Waals surface area contributed by atoms with Crippen molar-refractivity contribution in [2.45, 2.75) is 39.8 Å². The fraction of sp³-hybridized carbons (Fsp3) is 0.500. The molecule has 0 atom stereocenters. The molecule has 2 aromatic heterocycles. The fourth-order valence-electron chi connectivity index (χ4n) is 2.66. The highest BCUT2D eigenvalue weighted by molar-refractivity contribution is 5.34. The predicted molar refractivity (Wildman–Crippen MR) is 70.0 cm³/mol. The highest BCUT2D eigenvalue weighted by Crippen LogP contribution is 2.30. The summed E-state index contributed by atoms with van der Waals surface area (Å²) in [4.78, 5) is 0. The lowest BCUT2D eigenvalue weighted by atomic mass is 10.0. The monoisotopic (exact) mass is 245 g/mol. The standard InChI is InChI=1S/C14H19N3O/c1-10-5-6-11(2)17(10)13-9-12-14(3,4)18-8-7-16(12)15-13/h5-6,9H,7-8H2,1-4H3. The first-order chi connectivity index (χ1) is 8.49. The van der Waals surface area contributed by atoms with Gasteiger partial charge in [0.15, 0.2) is 5.82 Å². The van der Waals surface area contributed by atoms with Gasteiger partial charge in [-0.25, -0.2) is 0 Å². The third-order valence-corrected chi connectivity index (χ3v) is 3.65. The summed E-state index contributed by atoms with van der Waals surface area (Å²) in [7, 11) is 0. The molecule has 18 heavy (non-hydrogen) atoms. The third kappa shape index (κ3) is 1.60. The van der Waals surface area contributed by atoms with Gasteiger partial charge >= 0.3 is 0 Å². The zero-order chi connectivity index (χ0) is 12.9. The summed E-state index contributed by atoms with van der Waals surface area (Å²) in [5.41, 5.74) is 3.32. The van der Waals surface area contributed by atoms with Crippen molar-refractivity contribution in [3.8, 4) is 5.82 Å². The summed E-state index contributed by atoms with van der Waals surface area (Å²) < 4.78 is 10.1. The molecule has 0 N–H and O–H groups in total. The van der Waals surface area contributed by atoms with Crippen LogP contribution in [0.5, 0.6) is 0 Å². The van der Waals surface area contributed by atoms with E-state index in [0.29, 0.717) is 0 Å². The molecule has 2 aromatic rings. The van der Waals surface area contributed by atoms with Gasteiger partial charge in [0.2, 0.25) is 0 Å². The van der Waals surface area contributed by atoms with E-state index < -0.39 is 0 Å². The largest absolute Gasteiger partial charge is 0.367 e. The van der Waals surface area contributed by atoms with Gasteiger partial charge in [0.05, 0.1) is 18.8 Å². The Morgan fingerprint density at radius 2 is 1.89 bits per heavy atom. The maximum absolute atomic E-state index is 5.81. The first-order valence-corrected chi connectivity index (χ1v) is 6.37. The molecule has 4 heteroatoms. The lowest BCUT2D eigenvalue weighted by Gasteiger charge is -2.30. The minimum atomic E-state index is -0.252. The molecule has 3 rings (SSSR count). The molecule has 0 saturated heterocycles. The third-order valence-electron chi connectivity index (χ3n) is 3.65. The van der Waals surface area contributed by atoms with E-state index in [0.717, 1.165) is 24.7 Å². The van der Waals surface area contributed by atoms with Crippen molar-refractivity contribution in [3.05, 3.63) is 35.3 Å². The van der Waals surface area contributed by atoms with E-state index in [1.807, 2.05) is 0 Å². The first kappa shape index (κ1) is 11.5. The van der Waals surface area contributed by atoms with Crippen LogP contribution in [0.2, 0.25) is 0 Å². The minimum Gasteiger partial charge on any atom is -0.367 e. The molecule has 0 fully saturated rings. The Hall–Kier alpha value is -1.55. The zero-order valence-electron chi connectivity index (χ0n) is 11.4. The van der Waals surface area contributed by atoms with Crippen LogP contribution in [0.25, 0.3) is 5.82 Å².